The van der Waals surface area contributed by atoms with Gasteiger partial charge in [0.2, 0.25) is 5.91 Å². The molecule has 0 aliphatic heterocycles. The monoisotopic (exact) mass is 332 g/mol. The molecule has 2 amide bonds. The maximum Gasteiger partial charge on any atom is 0.270 e. The molecular weight excluding hydrogens is 304 g/mol. The van der Waals surface area contributed by atoms with Crippen molar-refractivity contribution in [2.45, 2.75) is 39.2 Å². The van der Waals surface area contributed by atoms with Crippen molar-refractivity contribution in [1.29, 1.82) is 0 Å². The van der Waals surface area contributed by atoms with Crippen molar-refractivity contribution in [3.63, 3.8) is 0 Å². The number of amides is 2. The number of hydrogen-bond donors (Lipinski definition) is 1. The zero-order valence-electron chi connectivity index (χ0n) is 15.3. The lowest BCUT2D eigenvalue weighted by Crippen LogP contribution is -2.47. The fourth-order valence-corrected chi connectivity index (χ4v) is 2.22. The number of rotatable bonds is 7. The molecule has 0 bridgehead atoms. The number of carbonyl (C=O) groups is 2. The normalized spacial score (nSPS) is 12.4. The average molecular weight is 332 g/mol. The molecule has 1 heterocycles. The molecule has 1 aromatic rings. The summed E-state index contributed by atoms with van der Waals surface area (Å²) in [5.74, 6) is -0.500. The van der Waals surface area contributed by atoms with Crippen LogP contribution < -0.4 is 5.32 Å². The summed E-state index contributed by atoms with van der Waals surface area (Å²) in [6.07, 6.45) is 3.29. The van der Waals surface area contributed by atoms with Crippen LogP contribution in [0.15, 0.2) is 31.4 Å². The third kappa shape index (κ3) is 4.81. The van der Waals surface area contributed by atoms with Gasteiger partial charge in [0.1, 0.15) is 11.7 Å². The second-order valence-electron chi connectivity index (χ2n) is 6.80. The molecule has 0 saturated heterocycles. The van der Waals surface area contributed by atoms with Crippen molar-refractivity contribution in [1.82, 2.24) is 20.0 Å². The van der Waals surface area contributed by atoms with Gasteiger partial charge in [0.15, 0.2) is 0 Å². The van der Waals surface area contributed by atoms with Crippen LogP contribution in [-0.4, -0.2) is 45.6 Å². The smallest absolute Gasteiger partial charge is 0.270 e. The molecule has 0 saturated carbocycles. The van der Waals surface area contributed by atoms with Crippen molar-refractivity contribution in [3.05, 3.63) is 42.8 Å². The highest BCUT2D eigenvalue weighted by Gasteiger charge is 2.25. The number of aromatic nitrogens is 2. The Morgan fingerprint density at radius 1 is 1.33 bits per heavy atom. The summed E-state index contributed by atoms with van der Waals surface area (Å²) in [6, 6.07) is 1.11. The number of hydrogen-bond acceptors (Lipinski definition) is 3. The van der Waals surface area contributed by atoms with Crippen LogP contribution in [0.4, 0.5) is 0 Å². The van der Waals surface area contributed by atoms with E-state index in [4.69, 9.17) is 0 Å². The molecule has 6 nitrogen and oxygen atoms in total. The van der Waals surface area contributed by atoms with E-state index in [1.54, 1.807) is 41.8 Å². The van der Waals surface area contributed by atoms with Crippen LogP contribution in [0.5, 0.6) is 0 Å². The van der Waals surface area contributed by atoms with Crippen LogP contribution in [0.2, 0.25) is 0 Å². The van der Waals surface area contributed by atoms with E-state index in [1.807, 2.05) is 20.8 Å². The maximum atomic E-state index is 12.5. The molecule has 1 unspecified atom stereocenters. The highest BCUT2D eigenvalue weighted by Crippen LogP contribution is 2.21. The third-order valence-corrected chi connectivity index (χ3v) is 3.61. The van der Waals surface area contributed by atoms with Gasteiger partial charge in [-0.1, -0.05) is 32.9 Å². The van der Waals surface area contributed by atoms with E-state index in [2.05, 4.69) is 23.6 Å². The van der Waals surface area contributed by atoms with Crippen molar-refractivity contribution in [2.75, 3.05) is 13.1 Å². The second kappa shape index (κ2) is 7.95. The number of carbonyl (C=O) groups excluding carboxylic acids is 2. The minimum atomic E-state index is -0.648. The zero-order chi connectivity index (χ0) is 18.5. The molecule has 1 aromatic heterocycles. The Labute approximate surface area is 144 Å². The first kappa shape index (κ1) is 19.7. The number of nitrogens with one attached hydrogen (secondary N) is 1. The lowest BCUT2D eigenvalue weighted by atomic mass is 9.92. The van der Waals surface area contributed by atoms with Crippen LogP contribution in [0, 0.1) is 0 Å². The van der Waals surface area contributed by atoms with E-state index in [0.29, 0.717) is 18.8 Å². The van der Waals surface area contributed by atoms with Gasteiger partial charge >= 0.3 is 0 Å². The van der Waals surface area contributed by atoms with Crippen molar-refractivity contribution >= 4 is 11.8 Å². The van der Waals surface area contributed by atoms with E-state index >= 15 is 0 Å². The quantitative estimate of drug-likeness (QED) is 0.777. The molecule has 0 aliphatic carbocycles. The van der Waals surface area contributed by atoms with Gasteiger partial charge in [-0.25, -0.2) is 0 Å². The zero-order valence-corrected chi connectivity index (χ0v) is 15.3. The minimum absolute atomic E-state index is 0.150. The fraction of sp³-hybridized carbons (Fsp3) is 0.500. The molecule has 0 spiro atoms. The van der Waals surface area contributed by atoms with Crippen molar-refractivity contribution in [3.8, 4) is 0 Å². The Balaban J connectivity index is 2.86. The molecule has 0 fully saturated rings. The predicted molar refractivity (Wildman–Crippen MR) is 95.8 cm³/mol. The summed E-state index contributed by atoms with van der Waals surface area (Å²) in [5.41, 5.74) is 1.11. The van der Waals surface area contributed by atoms with Crippen LogP contribution in [0.25, 0.3) is 0 Å². The lowest BCUT2D eigenvalue weighted by molar-refractivity contribution is -0.131. The van der Waals surface area contributed by atoms with E-state index < -0.39 is 6.04 Å². The van der Waals surface area contributed by atoms with Gasteiger partial charge < -0.3 is 10.2 Å². The van der Waals surface area contributed by atoms with Gasteiger partial charge in [-0.15, -0.1) is 13.2 Å². The molecule has 132 valence electrons. The van der Waals surface area contributed by atoms with E-state index in [1.165, 1.54) is 0 Å². The summed E-state index contributed by atoms with van der Waals surface area (Å²) >= 11 is 0. The van der Waals surface area contributed by atoms with Crippen LogP contribution in [0.1, 0.15) is 43.9 Å². The van der Waals surface area contributed by atoms with Gasteiger partial charge in [-0.2, -0.15) is 5.10 Å². The molecule has 1 rings (SSSR count). The molecule has 0 aliphatic rings. The largest absolute Gasteiger partial charge is 0.339 e. The summed E-state index contributed by atoms with van der Waals surface area (Å²) in [6.45, 7) is 15.9. The molecule has 6 heteroatoms. The minimum Gasteiger partial charge on any atom is -0.339 e. The molecule has 0 radical (unpaired) electrons. The lowest BCUT2D eigenvalue weighted by Gasteiger charge is -2.23. The maximum absolute atomic E-state index is 12.5. The summed E-state index contributed by atoms with van der Waals surface area (Å²) in [4.78, 5) is 26.5. The highest BCUT2D eigenvalue weighted by molar-refractivity contribution is 5.96. The third-order valence-electron chi connectivity index (χ3n) is 3.61. The topological polar surface area (TPSA) is 67.2 Å². The van der Waals surface area contributed by atoms with E-state index in [-0.39, 0.29) is 17.2 Å². The summed E-state index contributed by atoms with van der Waals surface area (Å²) in [7, 11) is 1.72. The Morgan fingerprint density at radius 3 is 2.29 bits per heavy atom. The molecule has 0 aromatic carbocycles. The SMILES string of the molecule is C=CCN(CC=C)C(=O)C(C)NC(=O)c1cc(C(C)(C)C)nn1C. The Bertz CT molecular complexity index is 615. The Kier molecular flexibility index (Phi) is 6.51. The highest BCUT2D eigenvalue weighted by atomic mass is 16.2. The predicted octanol–water partition coefficient (Wildman–Crippen LogP) is 2.04. The van der Waals surface area contributed by atoms with Crippen LogP contribution >= 0.6 is 0 Å². The molecule has 1 atom stereocenters. The standard InChI is InChI=1S/C18H28N4O2/c1-8-10-22(11-9-2)17(24)13(3)19-16(23)14-12-15(18(4,5)6)20-21(14)7/h8-9,12-13H,1-2,10-11H2,3-7H3,(H,19,23). The van der Waals surface area contributed by atoms with Crippen molar-refractivity contribution < 1.29 is 9.59 Å². The summed E-state index contributed by atoms with van der Waals surface area (Å²) in [5, 5.41) is 7.12. The molecule has 1 N–H and O–H groups in total. The van der Waals surface area contributed by atoms with Crippen molar-refractivity contribution in [2.24, 2.45) is 7.05 Å². The number of aryl methyl sites for hydroxylation is 1. The summed E-state index contributed by atoms with van der Waals surface area (Å²) < 4.78 is 1.54. The number of nitrogens with zero attached hydrogens (tertiary/aromatic N) is 3. The molecular formula is C18H28N4O2. The van der Waals surface area contributed by atoms with Gasteiger partial charge in [0.05, 0.1) is 5.69 Å². The van der Waals surface area contributed by atoms with Gasteiger partial charge in [-0.3, -0.25) is 14.3 Å². The van der Waals surface area contributed by atoms with Gasteiger partial charge in [-0.05, 0) is 13.0 Å². The second-order valence-corrected chi connectivity index (χ2v) is 6.80. The first-order chi connectivity index (χ1) is 11.1. The van der Waals surface area contributed by atoms with Crippen LogP contribution in [0.3, 0.4) is 0 Å². The van der Waals surface area contributed by atoms with E-state index in [0.717, 1.165) is 5.69 Å². The average Bonchev–Trinajstić information content (AvgIpc) is 2.88. The Morgan fingerprint density at radius 2 is 1.88 bits per heavy atom. The first-order valence-corrected chi connectivity index (χ1v) is 7.97. The van der Waals surface area contributed by atoms with Crippen LogP contribution in [-0.2, 0) is 17.3 Å². The Hall–Kier alpha value is -2.37. The van der Waals surface area contributed by atoms with E-state index in [9.17, 15) is 9.59 Å². The van der Waals surface area contributed by atoms with Gasteiger partial charge in [0.25, 0.3) is 5.91 Å². The fourth-order valence-electron chi connectivity index (χ4n) is 2.22. The first-order valence-electron chi connectivity index (χ1n) is 7.97. The van der Waals surface area contributed by atoms with Gasteiger partial charge in [0, 0.05) is 25.6 Å². The molecule has 24 heavy (non-hydrogen) atoms.